The standard InChI is InChI=1S/C13H17BrN2O2/c14-12-7-10(4-5-11(12)13(15)17)18-8-9-3-1-2-6-16-9/h4-5,7,9,16H,1-3,6,8H2,(H2,15,17). The van der Waals surface area contributed by atoms with Gasteiger partial charge in [0.05, 0.1) is 5.56 Å². The van der Waals surface area contributed by atoms with Crippen LogP contribution in [0, 0.1) is 0 Å². The molecule has 0 aliphatic carbocycles. The highest BCUT2D eigenvalue weighted by Gasteiger charge is 2.13. The second kappa shape index (κ2) is 6.20. The van der Waals surface area contributed by atoms with Crippen molar-refractivity contribution in [3.8, 4) is 5.75 Å². The predicted molar refractivity (Wildman–Crippen MR) is 73.8 cm³/mol. The zero-order valence-corrected chi connectivity index (χ0v) is 11.7. The Balaban J connectivity index is 1.93. The summed E-state index contributed by atoms with van der Waals surface area (Å²) in [5, 5.41) is 3.42. The van der Waals surface area contributed by atoms with Gasteiger partial charge in [0.1, 0.15) is 12.4 Å². The van der Waals surface area contributed by atoms with Crippen molar-refractivity contribution in [1.29, 1.82) is 0 Å². The highest BCUT2D eigenvalue weighted by molar-refractivity contribution is 9.10. The summed E-state index contributed by atoms with van der Waals surface area (Å²) in [5.74, 6) is 0.307. The first-order valence-corrected chi connectivity index (χ1v) is 6.91. The van der Waals surface area contributed by atoms with E-state index in [1.165, 1.54) is 12.8 Å². The molecule has 1 saturated heterocycles. The van der Waals surface area contributed by atoms with Crippen LogP contribution in [0.2, 0.25) is 0 Å². The van der Waals surface area contributed by atoms with Crippen molar-refractivity contribution in [3.05, 3.63) is 28.2 Å². The van der Waals surface area contributed by atoms with Crippen LogP contribution in [0.3, 0.4) is 0 Å². The maximum Gasteiger partial charge on any atom is 0.249 e. The molecule has 1 aromatic carbocycles. The number of carbonyl (C=O) groups excluding carboxylic acids is 1. The van der Waals surface area contributed by atoms with Crippen LogP contribution in [-0.2, 0) is 0 Å². The van der Waals surface area contributed by atoms with Crippen molar-refractivity contribution in [1.82, 2.24) is 5.32 Å². The van der Waals surface area contributed by atoms with Gasteiger partial charge in [-0.3, -0.25) is 4.79 Å². The fourth-order valence-corrected chi connectivity index (χ4v) is 2.60. The zero-order chi connectivity index (χ0) is 13.0. The molecule has 1 amide bonds. The summed E-state index contributed by atoms with van der Waals surface area (Å²) in [7, 11) is 0. The number of hydrogen-bond donors (Lipinski definition) is 2. The Hall–Kier alpha value is -1.07. The Labute approximate surface area is 115 Å². The molecule has 3 N–H and O–H groups in total. The third kappa shape index (κ3) is 3.46. The minimum Gasteiger partial charge on any atom is -0.492 e. The van der Waals surface area contributed by atoms with Gasteiger partial charge in [0.2, 0.25) is 5.91 Å². The van der Waals surface area contributed by atoms with E-state index in [-0.39, 0.29) is 0 Å². The normalized spacial score (nSPS) is 19.5. The monoisotopic (exact) mass is 312 g/mol. The van der Waals surface area contributed by atoms with E-state index in [9.17, 15) is 4.79 Å². The molecule has 0 aromatic heterocycles. The van der Waals surface area contributed by atoms with Gasteiger partial charge in [-0.15, -0.1) is 0 Å². The number of benzene rings is 1. The number of halogens is 1. The number of ether oxygens (including phenoxy) is 1. The van der Waals surface area contributed by atoms with Crippen LogP contribution in [0.15, 0.2) is 22.7 Å². The lowest BCUT2D eigenvalue weighted by molar-refractivity contribution is 0.0999. The molecule has 0 bridgehead atoms. The van der Waals surface area contributed by atoms with Crippen LogP contribution in [0.4, 0.5) is 0 Å². The first-order chi connectivity index (χ1) is 8.66. The van der Waals surface area contributed by atoms with Crippen LogP contribution >= 0.6 is 15.9 Å². The molecule has 18 heavy (non-hydrogen) atoms. The maximum atomic E-state index is 11.1. The van der Waals surface area contributed by atoms with Crippen LogP contribution in [0.25, 0.3) is 0 Å². The number of primary amides is 1. The molecular weight excluding hydrogens is 296 g/mol. The molecular formula is C13H17BrN2O2. The largest absolute Gasteiger partial charge is 0.492 e. The second-order valence-corrected chi connectivity index (χ2v) is 5.32. The minimum atomic E-state index is -0.442. The van der Waals surface area contributed by atoms with Gasteiger partial charge in [-0.2, -0.15) is 0 Å². The van der Waals surface area contributed by atoms with E-state index in [2.05, 4.69) is 21.2 Å². The number of amides is 1. The highest BCUT2D eigenvalue weighted by Crippen LogP contribution is 2.23. The number of hydrogen-bond acceptors (Lipinski definition) is 3. The summed E-state index contributed by atoms with van der Waals surface area (Å²) in [6, 6.07) is 5.65. The Kier molecular flexibility index (Phi) is 4.60. The number of nitrogens with one attached hydrogen (secondary N) is 1. The van der Waals surface area contributed by atoms with E-state index in [0.717, 1.165) is 18.7 Å². The van der Waals surface area contributed by atoms with Gasteiger partial charge < -0.3 is 15.8 Å². The van der Waals surface area contributed by atoms with Crippen molar-refractivity contribution >= 4 is 21.8 Å². The van der Waals surface area contributed by atoms with Crippen molar-refractivity contribution in [2.45, 2.75) is 25.3 Å². The van der Waals surface area contributed by atoms with Gasteiger partial charge in [-0.1, -0.05) is 6.42 Å². The third-order valence-corrected chi connectivity index (χ3v) is 3.73. The average molecular weight is 313 g/mol. The van der Waals surface area contributed by atoms with E-state index >= 15 is 0 Å². The molecule has 1 aromatic rings. The molecule has 4 nitrogen and oxygen atoms in total. The Morgan fingerprint density at radius 3 is 2.94 bits per heavy atom. The summed E-state index contributed by atoms with van der Waals surface area (Å²) in [6.07, 6.45) is 3.65. The maximum absolute atomic E-state index is 11.1. The summed E-state index contributed by atoms with van der Waals surface area (Å²) in [5.41, 5.74) is 5.71. The van der Waals surface area contributed by atoms with E-state index in [1.807, 2.05) is 0 Å². The number of rotatable bonds is 4. The molecule has 2 rings (SSSR count). The molecule has 0 radical (unpaired) electrons. The molecule has 0 spiro atoms. The van der Waals surface area contributed by atoms with Crippen LogP contribution < -0.4 is 15.8 Å². The fourth-order valence-electron chi connectivity index (χ4n) is 2.05. The molecule has 0 saturated carbocycles. The smallest absolute Gasteiger partial charge is 0.249 e. The summed E-state index contributed by atoms with van der Waals surface area (Å²) in [4.78, 5) is 11.1. The first-order valence-electron chi connectivity index (χ1n) is 6.12. The average Bonchev–Trinajstić information content (AvgIpc) is 2.37. The lowest BCUT2D eigenvalue weighted by Crippen LogP contribution is -2.38. The van der Waals surface area contributed by atoms with Gasteiger partial charge in [0, 0.05) is 10.5 Å². The molecule has 1 aliphatic heterocycles. The van der Waals surface area contributed by atoms with Crippen molar-refractivity contribution < 1.29 is 9.53 Å². The molecule has 1 heterocycles. The topological polar surface area (TPSA) is 64.4 Å². The molecule has 1 aliphatic rings. The molecule has 1 unspecified atom stereocenters. The lowest BCUT2D eigenvalue weighted by atomic mass is 10.1. The minimum absolute atomic E-state index is 0.424. The predicted octanol–water partition coefficient (Wildman–Crippen LogP) is 2.07. The summed E-state index contributed by atoms with van der Waals surface area (Å²) < 4.78 is 6.39. The lowest BCUT2D eigenvalue weighted by Gasteiger charge is -2.23. The molecule has 5 heteroatoms. The molecule has 98 valence electrons. The second-order valence-electron chi connectivity index (χ2n) is 4.46. The molecule has 1 fully saturated rings. The SMILES string of the molecule is NC(=O)c1ccc(OCC2CCCCN2)cc1Br. The summed E-state index contributed by atoms with van der Waals surface area (Å²) >= 11 is 3.32. The quantitative estimate of drug-likeness (QED) is 0.894. The van der Waals surface area contributed by atoms with Gasteiger partial charge in [-0.25, -0.2) is 0 Å². The van der Waals surface area contributed by atoms with E-state index in [0.29, 0.717) is 22.7 Å². The number of nitrogens with two attached hydrogens (primary N) is 1. The van der Waals surface area contributed by atoms with Crippen LogP contribution in [0.1, 0.15) is 29.6 Å². The number of piperidine rings is 1. The van der Waals surface area contributed by atoms with E-state index < -0.39 is 5.91 Å². The summed E-state index contributed by atoms with van der Waals surface area (Å²) in [6.45, 7) is 1.72. The fraction of sp³-hybridized carbons (Fsp3) is 0.462. The Morgan fingerprint density at radius 2 is 2.33 bits per heavy atom. The number of carbonyl (C=O) groups is 1. The van der Waals surface area contributed by atoms with Gasteiger partial charge in [0.25, 0.3) is 0 Å². The molecule has 1 atom stereocenters. The van der Waals surface area contributed by atoms with Crippen molar-refractivity contribution in [2.24, 2.45) is 5.73 Å². The van der Waals surface area contributed by atoms with Crippen LogP contribution in [0.5, 0.6) is 5.75 Å². The van der Waals surface area contributed by atoms with E-state index in [4.69, 9.17) is 10.5 Å². The Morgan fingerprint density at radius 1 is 1.50 bits per heavy atom. The van der Waals surface area contributed by atoms with E-state index in [1.54, 1.807) is 18.2 Å². The first kappa shape index (κ1) is 13.4. The van der Waals surface area contributed by atoms with Gasteiger partial charge in [0.15, 0.2) is 0 Å². The Bertz CT molecular complexity index is 431. The van der Waals surface area contributed by atoms with Gasteiger partial charge >= 0.3 is 0 Å². The van der Waals surface area contributed by atoms with Crippen LogP contribution in [-0.4, -0.2) is 25.1 Å². The van der Waals surface area contributed by atoms with Gasteiger partial charge in [-0.05, 0) is 53.5 Å². The zero-order valence-electron chi connectivity index (χ0n) is 10.1. The highest BCUT2D eigenvalue weighted by atomic mass is 79.9. The van der Waals surface area contributed by atoms with Crippen molar-refractivity contribution in [2.75, 3.05) is 13.2 Å². The van der Waals surface area contributed by atoms with Crippen molar-refractivity contribution in [3.63, 3.8) is 0 Å². The third-order valence-electron chi connectivity index (χ3n) is 3.07.